The second kappa shape index (κ2) is 4.61. The second-order valence-electron chi connectivity index (χ2n) is 5.70. The monoisotopic (exact) mass is 316 g/mol. The normalized spacial score (nSPS) is 16.1. The van der Waals surface area contributed by atoms with E-state index in [0.717, 1.165) is 0 Å². The average molecular weight is 316 g/mol. The maximum atomic E-state index is 12.6. The molecule has 0 radical (unpaired) electrons. The number of rotatable bonds is 0. The summed E-state index contributed by atoms with van der Waals surface area (Å²) in [5.41, 5.74) is 1.77. The van der Waals surface area contributed by atoms with E-state index in [2.05, 4.69) is 0 Å². The Bertz CT molecular complexity index is 931. The first-order valence-electron chi connectivity index (χ1n) is 7.66. The number of carbonyl (C=O) groups excluding carboxylic acids is 1. The fourth-order valence-corrected chi connectivity index (χ4v) is 3.22. The maximum absolute atomic E-state index is 12.6. The Morgan fingerprint density at radius 1 is 0.625 bits per heavy atom. The summed E-state index contributed by atoms with van der Waals surface area (Å²) in [6, 6.07) is 22.0. The topological polar surface area (TPSA) is 44.8 Å². The minimum absolute atomic E-state index is 0.414. The minimum Gasteiger partial charge on any atom is -0.456 e. The Kier molecular flexibility index (Phi) is 2.54. The zero-order valence-electron chi connectivity index (χ0n) is 12.6. The lowest BCUT2D eigenvalue weighted by Gasteiger charge is -2.41. The van der Waals surface area contributed by atoms with E-state index >= 15 is 0 Å². The number of carbonyl (C=O) groups is 1. The van der Waals surface area contributed by atoms with Gasteiger partial charge < -0.3 is 14.2 Å². The van der Waals surface area contributed by atoms with E-state index in [-0.39, 0.29) is 0 Å². The summed E-state index contributed by atoms with van der Waals surface area (Å²) >= 11 is 0. The summed E-state index contributed by atoms with van der Waals surface area (Å²) in [6.07, 6.45) is 0. The van der Waals surface area contributed by atoms with E-state index in [4.69, 9.17) is 14.2 Å². The molecule has 0 unspecified atom stereocenters. The number of benzene rings is 3. The Morgan fingerprint density at radius 2 is 1.17 bits per heavy atom. The first-order chi connectivity index (χ1) is 11.8. The molecular formula is C20H12O4. The summed E-state index contributed by atoms with van der Waals surface area (Å²) in [7, 11) is 0. The molecule has 4 heteroatoms. The number of fused-ring (bicyclic) bond motifs is 5. The van der Waals surface area contributed by atoms with Crippen LogP contribution in [0, 0.1) is 0 Å². The first kappa shape index (κ1) is 13.2. The highest BCUT2D eigenvalue weighted by Crippen LogP contribution is 2.51. The second-order valence-corrected chi connectivity index (χ2v) is 5.70. The van der Waals surface area contributed by atoms with Gasteiger partial charge >= 0.3 is 11.8 Å². The number of hydrogen-bond acceptors (Lipinski definition) is 4. The highest BCUT2D eigenvalue weighted by Gasteiger charge is 2.51. The van der Waals surface area contributed by atoms with Crippen molar-refractivity contribution in [2.45, 2.75) is 5.79 Å². The van der Waals surface area contributed by atoms with Gasteiger partial charge in [0.05, 0.1) is 11.1 Å². The lowest BCUT2D eigenvalue weighted by molar-refractivity contribution is -0.135. The van der Waals surface area contributed by atoms with Gasteiger partial charge in [0.1, 0.15) is 22.8 Å². The Morgan fingerprint density at radius 3 is 1.83 bits per heavy atom. The van der Waals surface area contributed by atoms with E-state index in [1.54, 1.807) is 18.2 Å². The molecule has 1 spiro atoms. The molecule has 0 saturated carbocycles. The molecule has 2 heterocycles. The van der Waals surface area contributed by atoms with Crippen molar-refractivity contribution in [2.24, 2.45) is 0 Å². The van der Waals surface area contributed by atoms with Gasteiger partial charge in [-0.25, -0.2) is 4.79 Å². The Labute approximate surface area is 138 Å². The van der Waals surface area contributed by atoms with Crippen molar-refractivity contribution in [1.82, 2.24) is 0 Å². The van der Waals surface area contributed by atoms with Crippen molar-refractivity contribution in [3.05, 3.63) is 89.5 Å². The molecule has 5 rings (SSSR count). The lowest BCUT2D eigenvalue weighted by atomic mass is 9.92. The van der Waals surface area contributed by atoms with Gasteiger partial charge in [-0.3, -0.25) is 0 Å². The van der Waals surface area contributed by atoms with E-state index in [9.17, 15) is 4.79 Å². The van der Waals surface area contributed by atoms with Gasteiger partial charge in [0.15, 0.2) is 0 Å². The fraction of sp³-hybridized carbons (Fsp3) is 0.0500. The lowest BCUT2D eigenvalue weighted by Crippen LogP contribution is -2.44. The van der Waals surface area contributed by atoms with Crippen molar-refractivity contribution >= 4 is 5.97 Å². The van der Waals surface area contributed by atoms with Crippen LogP contribution in [-0.2, 0) is 10.5 Å². The molecule has 3 aromatic rings. The van der Waals surface area contributed by atoms with Crippen LogP contribution in [0.1, 0.15) is 21.5 Å². The van der Waals surface area contributed by atoms with Crippen molar-refractivity contribution in [2.75, 3.05) is 0 Å². The summed E-state index contributed by atoms with van der Waals surface area (Å²) in [5.74, 6) is -0.0213. The van der Waals surface area contributed by atoms with Gasteiger partial charge in [-0.2, -0.15) is 0 Å². The van der Waals surface area contributed by atoms with Crippen LogP contribution in [0.25, 0.3) is 0 Å². The Hall–Kier alpha value is -3.27. The number of esters is 1. The maximum Gasteiger partial charge on any atom is 0.345 e. The van der Waals surface area contributed by atoms with E-state index in [1.165, 1.54) is 0 Å². The molecule has 2 aliphatic heterocycles. The van der Waals surface area contributed by atoms with Crippen LogP contribution in [0.4, 0.5) is 0 Å². The standard InChI is InChI=1S/C20H12O4/c21-19-13-7-1-4-10-16(13)23-20(24-19)14-8-2-5-11-17(14)22-18-12-6-3-9-15(18)20/h1-12H. The minimum atomic E-state index is -1.34. The van der Waals surface area contributed by atoms with Crippen molar-refractivity contribution in [3.63, 3.8) is 0 Å². The van der Waals surface area contributed by atoms with E-state index in [0.29, 0.717) is 33.9 Å². The molecule has 0 fully saturated rings. The summed E-state index contributed by atoms with van der Waals surface area (Å²) < 4.78 is 18.1. The third-order valence-electron chi connectivity index (χ3n) is 4.30. The van der Waals surface area contributed by atoms with Crippen LogP contribution in [-0.4, -0.2) is 5.97 Å². The van der Waals surface area contributed by atoms with E-state index < -0.39 is 11.8 Å². The molecule has 3 aromatic carbocycles. The molecule has 0 N–H and O–H groups in total. The molecule has 4 nitrogen and oxygen atoms in total. The zero-order chi connectivity index (χ0) is 16.1. The molecule has 2 aliphatic rings. The molecule has 0 aromatic heterocycles. The molecule has 24 heavy (non-hydrogen) atoms. The SMILES string of the molecule is O=C1OC2(Oc3ccccc31)c1ccccc1Oc1ccccc12. The molecular weight excluding hydrogens is 304 g/mol. The third-order valence-corrected chi connectivity index (χ3v) is 4.30. The first-order valence-corrected chi connectivity index (χ1v) is 7.66. The van der Waals surface area contributed by atoms with Gasteiger partial charge in [-0.15, -0.1) is 0 Å². The van der Waals surface area contributed by atoms with Crippen LogP contribution in [0.2, 0.25) is 0 Å². The molecule has 0 bridgehead atoms. The van der Waals surface area contributed by atoms with Crippen LogP contribution in [0.5, 0.6) is 17.2 Å². The summed E-state index contributed by atoms with van der Waals surface area (Å²) in [4.78, 5) is 12.6. The molecule has 0 atom stereocenters. The highest BCUT2D eigenvalue weighted by atomic mass is 16.7. The van der Waals surface area contributed by atoms with Gasteiger partial charge in [-0.1, -0.05) is 36.4 Å². The quantitative estimate of drug-likeness (QED) is 0.582. The van der Waals surface area contributed by atoms with Crippen molar-refractivity contribution < 1.29 is 19.0 Å². The average Bonchev–Trinajstić information content (AvgIpc) is 2.62. The van der Waals surface area contributed by atoms with Gasteiger partial charge in [-0.05, 0) is 36.4 Å². The molecule has 116 valence electrons. The Balaban J connectivity index is 1.81. The number of para-hydroxylation sites is 3. The fourth-order valence-electron chi connectivity index (χ4n) is 3.22. The van der Waals surface area contributed by atoms with Gasteiger partial charge in [0, 0.05) is 0 Å². The van der Waals surface area contributed by atoms with Crippen LogP contribution >= 0.6 is 0 Å². The third kappa shape index (κ3) is 1.65. The smallest absolute Gasteiger partial charge is 0.345 e. The predicted octanol–water partition coefficient (Wildman–Crippen LogP) is 4.24. The molecule has 0 aliphatic carbocycles. The van der Waals surface area contributed by atoms with Crippen molar-refractivity contribution in [1.29, 1.82) is 0 Å². The van der Waals surface area contributed by atoms with Gasteiger partial charge in [0.2, 0.25) is 0 Å². The van der Waals surface area contributed by atoms with Gasteiger partial charge in [0.25, 0.3) is 0 Å². The summed E-state index contributed by atoms with van der Waals surface area (Å²) in [5, 5.41) is 0. The van der Waals surface area contributed by atoms with Crippen LogP contribution < -0.4 is 9.47 Å². The predicted molar refractivity (Wildman–Crippen MR) is 86.2 cm³/mol. The zero-order valence-corrected chi connectivity index (χ0v) is 12.6. The number of hydrogen-bond donors (Lipinski definition) is 0. The van der Waals surface area contributed by atoms with Crippen LogP contribution in [0.3, 0.4) is 0 Å². The van der Waals surface area contributed by atoms with E-state index in [1.807, 2.05) is 54.6 Å². The molecule has 0 amide bonds. The highest BCUT2D eigenvalue weighted by molar-refractivity contribution is 5.94. The van der Waals surface area contributed by atoms with Crippen molar-refractivity contribution in [3.8, 4) is 17.2 Å². The number of ether oxygens (including phenoxy) is 3. The van der Waals surface area contributed by atoms with Crippen LogP contribution in [0.15, 0.2) is 72.8 Å². The molecule has 0 saturated heterocycles. The summed E-state index contributed by atoms with van der Waals surface area (Å²) in [6.45, 7) is 0. The largest absolute Gasteiger partial charge is 0.456 e.